The van der Waals surface area contributed by atoms with E-state index in [1.807, 2.05) is 0 Å². The summed E-state index contributed by atoms with van der Waals surface area (Å²) in [6.45, 7) is -0.489. The summed E-state index contributed by atoms with van der Waals surface area (Å²) in [7, 11) is 0. The van der Waals surface area contributed by atoms with Crippen molar-refractivity contribution in [3.05, 3.63) is 39.6 Å². The zero-order chi connectivity index (χ0) is 20.0. The van der Waals surface area contributed by atoms with E-state index >= 15 is 0 Å². The van der Waals surface area contributed by atoms with Gasteiger partial charge in [0.15, 0.2) is 22.5 Å². The molecule has 1 aliphatic rings. The molecule has 148 valence electrons. The van der Waals surface area contributed by atoms with Gasteiger partial charge in [0.2, 0.25) is 5.95 Å². The van der Waals surface area contributed by atoms with Gasteiger partial charge in [-0.25, -0.2) is 4.98 Å². The summed E-state index contributed by atoms with van der Waals surface area (Å²) in [6.07, 6.45) is -4.81. The molecule has 0 radical (unpaired) electrons. The van der Waals surface area contributed by atoms with Gasteiger partial charge >= 0.3 is 0 Å². The minimum absolute atomic E-state index is 0.00315. The van der Waals surface area contributed by atoms with E-state index in [4.69, 9.17) is 22.1 Å². The summed E-state index contributed by atoms with van der Waals surface area (Å²) in [6, 6.07) is 6.93. The van der Waals surface area contributed by atoms with E-state index in [9.17, 15) is 20.1 Å². The molecule has 1 fully saturated rings. The molecule has 6 N–H and O–H groups in total. The summed E-state index contributed by atoms with van der Waals surface area (Å²) in [5, 5.41) is 30.8. The van der Waals surface area contributed by atoms with Crippen LogP contribution in [0.3, 0.4) is 0 Å². The first-order chi connectivity index (χ1) is 13.4. The van der Waals surface area contributed by atoms with Crippen LogP contribution >= 0.6 is 23.4 Å². The van der Waals surface area contributed by atoms with Crippen LogP contribution in [0.25, 0.3) is 11.2 Å². The van der Waals surface area contributed by atoms with E-state index < -0.39 is 36.7 Å². The average Bonchev–Trinajstić information content (AvgIpc) is 3.15. The van der Waals surface area contributed by atoms with Crippen LogP contribution in [-0.2, 0) is 4.74 Å². The quantitative estimate of drug-likeness (QED) is 0.391. The highest BCUT2D eigenvalue weighted by Crippen LogP contribution is 2.37. The van der Waals surface area contributed by atoms with Gasteiger partial charge in [0, 0.05) is 9.92 Å². The number of nitrogen functional groups attached to an aromatic ring is 1. The number of aliphatic hydroxyl groups excluding tert-OH is 3. The molecule has 3 heterocycles. The molecular formula is C16H16ClN5O5S. The maximum Gasteiger partial charge on any atom is 0.280 e. The van der Waals surface area contributed by atoms with Crippen LogP contribution < -0.4 is 11.3 Å². The maximum atomic E-state index is 12.3. The third kappa shape index (κ3) is 3.26. The van der Waals surface area contributed by atoms with Crippen molar-refractivity contribution in [3.8, 4) is 0 Å². The Morgan fingerprint density at radius 3 is 2.61 bits per heavy atom. The van der Waals surface area contributed by atoms with Crippen LogP contribution in [0, 0.1) is 0 Å². The number of fused-ring (bicyclic) bond motifs is 1. The van der Waals surface area contributed by atoms with Crippen LogP contribution in [0.2, 0.25) is 5.02 Å². The fraction of sp³-hybridized carbons (Fsp3) is 0.312. The molecule has 4 atom stereocenters. The first-order valence-electron chi connectivity index (χ1n) is 8.22. The number of benzene rings is 1. The standard InChI is InChI=1S/C16H16ClN5O5S/c17-6-1-3-7(4-2-6)28-16-19-9-12(20-15(18)21-13(9)26)22(16)14-11(25)10(24)8(5-23)27-14/h1-4,8,10-11,14,23-25H,5H2,(H3,18,20,21,26)/t8-,10-,11-,14-/m1/s1. The minimum atomic E-state index is -1.37. The fourth-order valence-electron chi connectivity index (χ4n) is 2.98. The second kappa shape index (κ2) is 7.35. The smallest absolute Gasteiger partial charge is 0.280 e. The largest absolute Gasteiger partial charge is 0.394 e. The Balaban J connectivity index is 1.87. The Morgan fingerprint density at radius 2 is 1.96 bits per heavy atom. The van der Waals surface area contributed by atoms with Crippen molar-refractivity contribution in [2.24, 2.45) is 0 Å². The molecule has 1 aliphatic heterocycles. The number of nitrogens with one attached hydrogen (secondary N) is 1. The molecule has 3 aromatic rings. The highest BCUT2D eigenvalue weighted by molar-refractivity contribution is 7.99. The summed E-state index contributed by atoms with van der Waals surface area (Å²) in [5.74, 6) is -0.131. The van der Waals surface area contributed by atoms with Gasteiger partial charge in [-0.15, -0.1) is 0 Å². The number of halogens is 1. The number of imidazole rings is 1. The van der Waals surface area contributed by atoms with E-state index in [-0.39, 0.29) is 22.3 Å². The molecule has 12 heteroatoms. The van der Waals surface area contributed by atoms with E-state index in [2.05, 4.69) is 15.0 Å². The first kappa shape index (κ1) is 19.2. The number of aromatic nitrogens is 4. The fourth-order valence-corrected chi connectivity index (χ4v) is 4.02. The highest BCUT2D eigenvalue weighted by atomic mass is 35.5. The molecule has 0 bridgehead atoms. The SMILES string of the molecule is Nc1nc2c(nc(Sc3ccc(Cl)cc3)n2[C@@H]2O[C@H](CO)[C@@H](O)[C@H]2O)c(=O)[nH]1. The first-order valence-corrected chi connectivity index (χ1v) is 9.42. The van der Waals surface area contributed by atoms with Gasteiger partial charge in [0.05, 0.1) is 6.61 Å². The summed E-state index contributed by atoms with van der Waals surface area (Å²) in [4.78, 5) is 23.8. The number of rotatable bonds is 4. The van der Waals surface area contributed by atoms with Gasteiger partial charge in [-0.1, -0.05) is 23.4 Å². The Bertz CT molecular complexity index is 1070. The minimum Gasteiger partial charge on any atom is -0.394 e. The van der Waals surface area contributed by atoms with E-state index in [1.165, 1.54) is 16.3 Å². The normalized spacial score (nSPS) is 24.9. The van der Waals surface area contributed by atoms with Gasteiger partial charge in [-0.05, 0) is 24.3 Å². The molecule has 0 unspecified atom stereocenters. The highest BCUT2D eigenvalue weighted by Gasteiger charge is 2.45. The lowest BCUT2D eigenvalue weighted by atomic mass is 10.1. The van der Waals surface area contributed by atoms with Crippen molar-refractivity contribution in [2.45, 2.75) is 34.6 Å². The van der Waals surface area contributed by atoms with Gasteiger partial charge in [0.25, 0.3) is 5.56 Å². The van der Waals surface area contributed by atoms with Crippen molar-refractivity contribution in [2.75, 3.05) is 12.3 Å². The van der Waals surface area contributed by atoms with Gasteiger partial charge in [-0.3, -0.25) is 14.3 Å². The summed E-state index contributed by atoms with van der Waals surface area (Å²) in [5.41, 5.74) is 5.21. The van der Waals surface area contributed by atoms with Crippen LogP contribution in [0.5, 0.6) is 0 Å². The second-order valence-corrected chi connectivity index (χ2v) is 7.65. The van der Waals surface area contributed by atoms with Crippen molar-refractivity contribution >= 4 is 40.5 Å². The third-order valence-electron chi connectivity index (χ3n) is 4.33. The Labute approximate surface area is 166 Å². The van der Waals surface area contributed by atoms with Crippen molar-refractivity contribution in [1.29, 1.82) is 0 Å². The predicted molar refractivity (Wildman–Crippen MR) is 101 cm³/mol. The van der Waals surface area contributed by atoms with Gasteiger partial charge < -0.3 is 25.8 Å². The number of hydrogen-bond donors (Lipinski definition) is 5. The Morgan fingerprint density at radius 1 is 1.25 bits per heavy atom. The second-order valence-electron chi connectivity index (χ2n) is 6.17. The molecule has 0 spiro atoms. The number of nitrogens with zero attached hydrogens (tertiary/aromatic N) is 3. The zero-order valence-corrected chi connectivity index (χ0v) is 15.8. The average molecular weight is 426 g/mol. The molecule has 10 nitrogen and oxygen atoms in total. The lowest BCUT2D eigenvalue weighted by Gasteiger charge is -2.19. The topological polar surface area (TPSA) is 160 Å². The molecule has 4 rings (SSSR count). The van der Waals surface area contributed by atoms with Crippen LogP contribution in [-0.4, -0.2) is 59.8 Å². The number of aliphatic hydroxyl groups is 3. The van der Waals surface area contributed by atoms with E-state index in [0.717, 1.165) is 4.90 Å². The molecule has 0 aliphatic carbocycles. The van der Waals surface area contributed by atoms with Crippen molar-refractivity contribution in [1.82, 2.24) is 19.5 Å². The van der Waals surface area contributed by atoms with Crippen LogP contribution in [0.15, 0.2) is 39.1 Å². The third-order valence-corrected chi connectivity index (χ3v) is 5.56. The van der Waals surface area contributed by atoms with E-state index in [1.54, 1.807) is 24.3 Å². The number of anilines is 1. The summed E-state index contributed by atoms with van der Waals surface area (Å²) < 4.78 is 7.00. The number of hydrogen-bond acceptors (Lipinski definition) is 9. The number of aromatic amines is 1. The molecule has 2 aromatic heterocycles. The van der Waals surface area contributed by atoms with E-state index in [0.29, 0.717) is 5.02 Å². The maximum absolute atomic E-state index is 12.3. The number of nitrogens with two attached hydrogens (primary N) is 1. The number of H-pyrrole nitrogens is 1. The van der Waals surface area contributed by atoms with Crippen LogP contribution in [0.4, 0.5) is 5.95 Å². The molecular weight excluding hydrogens is 410 g/mol. The molecule has 28 heavy (non-hydrogen) atoms. The summed E-state index contributed by atoms with van der Waals surface area (Å²) >= 11 is 7.10. The Hall–Kier alpha value is -2.15. The van der Waals surface area contributed by atoms with Gasteiger partial charge in [0.1, 0.15) is 18.3 Å². The monoisotopic (exact) mass is 425 g/mol. The van der Waals surface area contributed by atoms with Crippen molar-refractivity contribution < 1.29 is 20.1 Å². The zero-order valence-electron chi connectivity index (χ0n) is 14.2. The predicted octanol–water partition coefficient (Wildman–Crippen LogP) is 0.118. The van der Waals surface area contributed by atoms with Gasteiger partial charge in [-0.2, -0.15) is 4.98 Å². The molecule has 1 saturated heterocycles. The molecule has 0 amide bonds. The molecule has 1 aromatic carbocycles. The lowest BCUT2D eigenvalue weighted by Crippen LogP contribution is -2.33. The van der Waals surface area contributed by atoms with Crippen molar-refractivity contribution in [3.63, 3.8) is 0 Å². The lowest BCUT2D eigenvalue weighted by molar-refractivity contribution is -0.0548. The number of ether oxygens (including phenoxy) is 1. The van der Waals surface area contributed by atoms with Crippen LogP contribution in [0.1, 0.15) is 6.23 Å². The molecule has 0 saturated carbocycles. The Kier molecular flexibility index (Phi) is 5.04.